The molecule has 3 aromatic carbocycles. The number of ether oxygens (including phenoxy) is 1. The monoisotopic (exact) mass is 887 g/mol. The minimum absolute atomic E-state index is 0.0963. The number of unbranched alkanes of at least 4 members (excludes halogenated alkanes) is 2. The number of carboxylic acids is 1. The van der Waals surface area contributed by atoms with Gasteiger partial charge in [0.25, 0.3) is 38.0 Å². The molecule has 4 heterocycles. The van der Waals surface area contributed by atoms with Gasteiger partial charge >= 0.3 is 5.97 Å². The number of hydrogen-bond acceptors (Lipinski definition) is 10. The quantitative estimate of drug-likeness (QED) is 0.0656. The van der Waals surface area contributed by atoms with E-state index in [1.807, 2.05) is 51.3 Å². The fourth-order valence-corrected chi connectivity index (χ4v) is 9.65. The van der Waals surface area contributed by atoms with E-state index in [-0.39, 0.29) is 69.8 Å². The summed E-state index contributed by atoms with van der Waals surface area (Å²) in [5.41, 5.74) is 1.15. The van der Waals surface area contributed by atoms with Gasteiger partial charge in [-0.05, 0) is 86.2 Å². The number of rotatable bonds is 13. The van der Waals surface area contributed by atoms with E-state index in [4.69, 9.17) is 4.74 Å². The number of nitrogens with zero attached hydrogens (tertiary/aromatic N) is 3. The van der Waals surface area contributed by atoms with Gasteiger partial charge in [-0.25, -0.2) is 9.37 Å². The van der Waals surface area contributed by atoms with Crippen LogP contribution in [0.15, 0.2) is 66.8 Å². The smallest absolute Gasteiger partial charge is 0.336 e. The van der Waals surface area contributed by atoms with Crippen LogP contribution in [0.4, 0.5) is 5.69 Å². The van der Waals surface area contributed by atoms with Crippen LogP contribution in [-0.2, 0) is 29.8 Å². The summed E-state index contributed by atoms with van der Waals surface area (Å²) in [6, 6.07) is 10.9. The summed E-state index contributed by atoms with van der Waals surface area (Å²) in [6.45, 7) is 7.99. The second-order valence-electron chi connectivity index (χ2n) is 17.0. The van der Waals surface area contributed by atoms with Gasteiger partial charge in [0, 0.05) is 85.4 Å². The van der Waals surface area contributed by atoms with Gasteiger partial charge in [0.2, 0.25) is 5.36 Å². The van der Waals surface area contributed by atoms with Crippen molar-refractivity contribution in [3.8, 4) is 11.5 Å². The lowest BCUT2D eigenvalue weighted by Gasteiger charge is -2.41. The van der Waals surface area contributed by atoms with Crippen LogP contribution in [-0.4, -0.2) is 109 Å². The highest BCUT2D eigenvalue weighted by molar-refractivity contribution is 7.86. The van der Waals surface area contributed by atoms with Crippen molar-refractivity contribution < 1.29 is 55.0 Å². The Hall–Kier alpha value is -5.95. The molecule has 326 valence electrons. The van der Waals surface area contributed by atoms with Crippen LogP contribution < -0.4 is 30.1 Å². The minimum Gasteiger partial charge on any atom is -0.478 e. The first kappa shape index (κ1) is 44.1. The van der Waals surface area contributed by atoms with Gasteiger partial charge in [-0.2, -0.15) is 16.8 Å². The Kier molecular flexibility index (Phi) is 11.2. The maximum absolute atomic E-state index is 13.7. The van der Waals surface area contributed by atoms with E-state index in [0.29, 0.717) is 52.2 Å². The lowest BCUT2D eigenvalue weighted by Crippen LogP contribution is -2.47. The largest absolute Gasteiger partial charge is 0.478 e. The Morgan fingerprint density at radius 1 is 0.790 bits per heavy atom. The van der Waals surface area contributed by atoms with Gasteiger partial charge in [-0.3, -0.25) is 28.4 Å². The maximum atomic E-state index is 13.7. The molecule has 0 aromatic heterocycles. The molecule has 0 bridgehead atoms. The first-order chi connectivity index (χ1) is 28.8. The third-order valence-electron chi connectivity index (χ3n) is 11.9. The van der Waals surface area contributed by atoms with Crippen LogP contribution in [0.1, 0.15) is 89.9 Å². The molecule has 18 heteroatoms. The predicted molar refractivity (Wildman–Crippen MR) is 232 cm³/mol. The summed E-state index contributed by atoms with van der Waals surface area (Å²) < 4.78 is 78.1. The van der Waals surface area contributed by atoms with Gasteiger partial charge in [0.05, 0.1) is 22.7 Å². The van der Waals surface area contributed by atoms with Gasteiger partial charge < -0.3 is 20.1 Å². The second-order valence-corrected chi connectivity index (χ2v) is 19.9. The minimum atomic E-state index is -4.53. The van der Waals surface area contributed by atoms with Crippen molar-refractivity contribution in [2.45, 2.75) is 58.0 Å². The zero-order chi connectivity index (χ0) is 45.3. The van der Waals surface area contributed by atoms with Crippen LogP contribution in [0.25, 0.3) is 16.7 Å². The molecular weight excluding hydrogens is 841 g/mol. The number of nitrogens with one attached hydrogen (secondary N) is 1. The normalized spacial score (nSPS) is 17.4. The number of anilines is 1. The summed E-state index contributed by atoms with van der Waals surface area (Å²) in [5, 5.41) is 14.4. The van der Waals surface area contributed by atoms with Crippen LogP contribution in [0.3, 0.4) is 0 Å². The molecule has 0 fully saturated rings. The maximum Gasteiger partial charge on any atom is 0.336 e. The van der Waals surface area contributed by atoms with Gasteiger partial charge in [-0.15, -0.1) is 0 Å². The van der Waals surface area contributed by atoms with Crippen LogP contribution in [0, 0.1) is 0 Å². The Balaban J connectivity index is 1.40. The zero-order valence-corrected chi connectivity index (χ0v) is 36.6. The number of fused-ring (bicyclic) bond motifs is 4. The molecule has 62 heavy (non-hydrogen) atoms. The van der Waals surface area contributed by atoms with E-state index in [1.54, 1.807) is 36.4 Å². The average Bonchev–Trinajstić information content (AvgIpc) is 3.49. The molecule has 3 amide bonds. The van der Waals surface area contributed by atoms with Gasteiger partial charge in [0.15, 0.2) is 5.54 Å². The van der Waals surface area contributed by atoms with E-state index in [1.165, 1.54) is 30.4 Å². The highest BCUT2D eigenvalue weighted by Gasteiger charge is 2.37. The third kappa shape index (κ3) is 8.59. The molecule has 16 nitrogen and oxygen atoms in total. The highest BCUT2D eigenvalue weighted by atomic mass is 32.2. The first-order valence-electron chi connectivity index (χ1n) is 19.8. The number of carboxylic acid groups (broad SMARTS) is 1. The molecule has 0 saturated carbocycles. The fraction of sp³-hybridized carbons (Fsp3) is 0.341. The summed E-state index contributed by atoms with van der Waals surface area (Å²) in [7, 11) is -5.42. The lowest BCUT2D eigenvalue weighted by molar-refractivity contribution is -0.136. The average molecular weight is 888 g/mol. The number of carbonyl (C=O) groups is 4. The molecule has 0 radical (unpaired) electrons. The molecular formula is C44H47N4O12S2+. The second kappa shape index (κ2) is 15.7. The molecule has 4 aliphatic rings. The summed E-state index contributed by atoms with van der Waals surface area (Å²) in [6.07, 6.45) is 7.55. The van der Waals surface area contributed by atoms with E-state index in [9.17, 15) is 50.2 Å². The van der Waals surface area contributed by atoms with Crippen LogP contribution >= 0.6 is 0 Å². The number of amides is 3. The van der Waals surface area contributed by atoms with Crippen molar-refractivity contribution >= 4 is 66.3 Å². The molecule has 0 aliphatic carbocycles. The molecule has 4 N–H and O–H groups in total. The Bertz CT molecular complexity index is 2950. The molecule has 7 rings (SSSR count). The lowest BCUT2D eigenvalue weighted by atomic mass is 9.83. The highest BCUT2D eigenvalue weighted by Crippen LogP contribution is 2.47. The molecule has 3 aromatic rings. The van der Waals surface area contributed by atoms with Gasteiger partial charge in [-0.1, -0.05) is 6.08 Å². The Morgan fingerprint density at radius 3 is 2.06 bits per heavy atom. The SMILES string of the molecule is CN1c2cc3c(cc2C(CS(=O)(=O)O)=CC1(C)C)C(c1cc(C(=O)NCCCCCN2C(=O)C=CC2=O)ccc1C(=O)O)=c1cc2c(cc1O3)=[N+](C)C(C)(C)C=C2CS(=O)(=O)O. The zero-order valence-electron chi connectivity index (χ0n) is 35.0. The van der Waals surface area contributed by atoms with Crippen LogP contribution in [0.5, 0.6) is 11.5 Å². The van der Waals surface area contributed by atoms with Crippen molar-refractivity contribution in [3.05, 3.63) is 111 Å². The molecule has 0 spiro atoms. The molecule has 0 atom stereocenters. The van der Waals surface area contributed by atoms with Crippen molar-refractivity contribution in [1.29, 1.82) is 0 Å². The van der Waals surface area contributed by atoms with E-state index < -0.39 is 54.7 Å². The van der Waals surface area contributed by atoms with Crippen molar-refractivity contribution in [1.82, 2.24) is 14.8 Å². The van der Waals surface area contributed by atoms with Crippen molar-refractivity contribution in [3.63, 3.8) is 0 Å². The number of imide groups is 1. The summed E-state index contributed by atoms with van der Waals surface area (Å²) >= 11 is 0. The Morgan fingerprint density at radius 2 is 1.44 bits per heavy atom. The van der Waals surface area contributed by atoms with Crippen molar-refractivity contribution in [2.75, 3.05) is 43.6 Å². The number of likely N-dealkylation sites (N-methyl/N-ethyl adjacent to an activating group) is 2. The fourth-order valence-electron chi connectivity index (χ4n) is 8.38. The van der Waals surface area contributed by atoms with E-state index >= 15 is 0 Å². The standard InChI is InChI=1S/C44H46N4O12S2/c1-43(2)21-26(23-61(54,55)56)29-17-32-36(19-34(29)46(43)5)60-37-20-35-30(27(24-62(57,58)59)22-44(3,4)47(35)6)18-33(37)40(32)31-16-25(10-11-28(31)42(52)53)41(51)45-14-8-7-9-15-48-38(49)12-13-39(48)50/h10-13,16-22H,7-9,14-15,23-24H2,1-6H3,(H3-,45,51,52,53,54,55,56,57,58,59)/p+1. The number of aromatic carboxylic acids is 1. The topological polar surface area (TPSA) is 228 Å². The summed E-state index contributed by atoms with van der Waals surface area (Å²) in [4.78, 5) is 53.6. The Labute approximate surface area is 358 Å². The number of hydrogen-bond donors (Lipinski definition) is 4. The first-order valence-corrected chi connectivity index (χ1v) is 23.0. The number of benzene rings is 3. The predicted octanol–water partition coefficient (Wildman–Crippen LogP) is 3.25. The van der Waals surface area contributed by atoms with Crippen molar-refractivity contribution in [2.24, 2.45) is 0 Å². The molecule has 4 aliphatic heterocycles. The van der Waals surface area contributed by atoms with Gasteiger partial charge in [0.1, 0.15) is 30.1 Å². The van der Waals surface area contributed by atoms with E-state index in [0.717, 1.165) is 4.90 Å². The molecule has 0 unspecified atom stereocenters. The molecule has 0 saturated heterocycles. The van der Waals surface area contributed by atoms with E-state index in [2.05, 4.69) is 5.32 Å². The summed E-state index contributed by atoms with van der Waals surface area (Å²) in [5.74, 6) is -3.46. The third-order valence-corrected chi connectivity index (χ3v) is 13.2. The van der Waals surface area contributed by atoms with Crippen LogP contribution in [0.2, 0.25) is 0 Å². The number of carbonyl (C=O) groups excluding carboxylic acids is 3.